The number of hydrogen-bond acceptors (Lipinski definition) is 8. The van der Waals surface area contributed by atoms with Crippen LogP contribution in [0.25, 0.3) is 10.8 Å². The number of aromatic nitrogens is 1. The Labute approximate surface area is 251 Å². The summed E-state index contributed by atoms with van der Waals surface area (Å²) in [6.07, 6.45) is -4.42. The largest absolute Gasteiger partial charge is 0.490 e. The van der Waals surface area contributed by atoms with Gasteiger partial charge in [0.1, 0.15) is 30.6 Å². The molecule has 1 aromatic heterocycles. The number of amidine groups is 1. The molecule has 1 aliphatic heterocycles. The van der Waals surface area contributed by atoms with E-state index in [0.717, 1.165) is 35.0 Å². The molecule has 2 aromatic carbocycles. The highest BCUT2D eigenvalue weighted by Crippen LogP contribution is 2.24. The number of alkyl halides is 6. The molecule has 0 saturated heterocycles. The van der Waals surface area contributed by atoms with E-state index >= 15 is 0 Å². The standard InChI is InChI=1S/C24H24N4O3.2C2HF3O2/c1-16-14-18(23(26)28-10-2-3-11-28)5-7-20(16)24(29)31-13-12-30-19-6-4-17-8-9-27-22(25)21(17)15-19;2*3-2(4,5)1(6)7/h2-9,14-15,26H,10-13H2,1H3,(H2,25,27);2*(H,6,7). The summed E-state index contributed by atoms with van der Waals surface area (Å²) in [5, 5.41) is 24.4. The molecule has 0 amide bonds. The van der Waals surface area contributed by atoms with Gasteiger partial charge in [0, 0.05) is 30.2 Å². The molecule has 0 unspecified atom stereocenters. The molecule has 1 aliphatic rings. The van der Waals surface area contributed by atoms with E-state index in [-0.39, 0.29) is 13.2 Å². The van der Waals surface area contributed by atoms with Gasteiger partial charge in [-0.3, -0.25) is 5.41 Å². The minimum Gasteiger partial charge on any atom is -0.490 e. The first-order valence-electron chi connectivity index (χ1n) is 12.6. The van der Waals surface area contributed by atoms with Crippen molar-refractivity contribution in [2.45, 2.75) is 19.3 Å². The van der Waals surface area contributed by atoms with E-state index in [0.29, 0.717) is 23.0 Å². The number of carbonyl (C=O) groups excluding carboxylic acids is 1. The number of nitrogens with two attached hydrogens (primary N) is 1. The second-order valence-corrected chi connectivity index (χ2v) is 8.92. The number of carboxylic acid groups (broad SMARTS) is 2. The summed E-state index contributed by atoms with van der Waals surface area (Å²) in [7, 11) is 0. The number of aryl methyl sites for hydroxylation is 1. The summed E-state index contributed by atoms with van der Waals surface area (Å²) >= 11 is 0. The lowest BCUT2D eigenvalue weighted by Crippen LogP contribution is -2.28. The number of fused-ring (bicyclic) bond motifs is 1. The normalized spacial score (nSPS) is 12.4. The number of carbonyl (C=O) groups is 3. The predicted molar refractivity (Wildman–Crippen MR) is 148 cm³/mol. The molecule has 0 spiro atoms. The molecule has 0 aliphatic carbocycles. The molecular weight excluding hydrogens is 618 g/mol. The van der Waals surface area contributed by atoms with Crippen molar-refractivity contribution in [1.29, 1.82) is 5.41 Å². The fourth-order valence-electron chi connectivity index (χ4n) is 3.51. The molecule has 242 valence electrons. The third kappa shape index (κ3) is 11.0. The average Bonchev–Trinajstić information content (AvgIpc) is 3.50. The van der Waals surface area contributed by atoms with Crippen LogP contribution in [0.4, 0.5) is 32.2 Å². The average molecular weight is 645 g/mol. The first kappa shape index (κ1) is 35.8. The van der Waals surface area contributed by atoms with Crippen molar-refractivity contribution < 1.29 is 60.4 Å². The zero-order valence-electron chi connectivity index (χ0n) is 23.3. The molecule has 11 nitrogen and oxygen atoms in total. The maximum absolute atomic E-state index is 12.5. The van der Waals surface area contributed by atoms with E-state index in [1.54, 1.807) is 18.3 Å². The van der Waals surface area contributed by atoms with Crippen LogP contribution in [0.3, 0.4) is 0 Å². The smallest absolute Gasteiger partial charge is 0.490 e. The topological polar surface area (TPSA) is 176 Å². The Balaban J connectivity index is 0.000000421. The molecule has 17 heteroatoms. The molecule has 0 bridgehead atoms. The van der Waals surface area contributed by atoms with Crippen LogP contribution < -0.4 is 10.5 Å². The Morgan fingerprint density at radius 3 is 2.04 bits per heavy atom. The number of aliphatic carboxylic acids is 2. The lowest BCUT2D eigenvalue weighted by atomic mass is 10.0. The van der Waals surface area contributed by atoms with Crippen molar-refractivity contribution in [3.8, 4) is 5.75 Å². The third-order valence-electron chi connectivity index (χ3n) is 5.69. The quantitative estimate of drug-likeness (QED) is 0.0727. The van der Waals surface area contributed by atoms with E-state index in [1.807, 2.05) is 54.3 Å². The van der Waals surface area contributed by atoms with E-state index in [2.05, 4.69) is 4.98 Å². The van der Waals surface area contributed by atoms with Gasteiger partial charge in [-0.1, -0.05) is 24.3 Å². The summed E-state index contributed by atoms with van der Waals surface area (Å²) in [5.74, 6) is -4.39. The van der Waals surface area contributed by atoms with Crippen LogP contribution >= 0.6 is 0 Å². The second-order valence-electron chi connectivity index (χ2n) is 8.92. The van der Waals surface area contributed by atoms with Gasteiger partial charge >= 0.3 is 30.3 Å². The number of nitrogen functional groups attached to an aromatic ring is 1. The number of nitrogens with one attached hydrogen (secondary N) is 1. The molecule has 0 radical (unpaired) electrons. The number of carboxylic acids is 2. The highest BCUT2D eigenvalue weighted by atomic mass is 19.4. The Morgan fingerprint density at radius 2 is 1.51 bits per heavy atom. The van der Waals surface area contributed by atoms with Gasteiger partial charge in [-0.25, -0.2) is 19.4 Å². The summed E-state index contributed by atoms with van der Waals surface area (Å²) in [6, 6.07) is 12.8. The summed E-state index contributed by atoms with van der Waals surface area (Å²) in [5.41, 5.74) is 7.95. The Morgan fingerprint density at radius 1 is 0.933 bits per heavy atom. The highest BCUT2D eigenvalue weighted by molar-refractivity contribution is 5.99. The SMILES string of the molecule is Cc1cc(C(=N)N2CC=CC2)ccc1C(=O)OCCOc1ccc2ccnc(N)c2c1.O=C(O)C(F)(F)F.O=C(O)C(F)(F)F. The van der Waals surface area contributed by atoms with Crippen molar-refractivity contribution in [3.63, 3.8) is 0 Å². The van der Waals surface area contributed by atoms with Gasteiger partial charge < -0.3 is 30.3 Å². The molecule has 3 aromatic rings. The van der Waals surface area contributed by atoms with Gasteiger partial charge in [0.15, 0.2) is 0 Å². The first-order chi connectivity index (χ1) is 20.9. The number of rotatable bonds is 6. The number of hydrogen-bond donors (Lipinski definition) is 4. The Hall–Kier alpha value is -5.35. The number of anilines is 1. The molecule has 0 fully saturated rings. The number of pyridine rings is 1. The van der Waals surface area contributed by atoms with E-state index in [4.69, 9.17) is 40.4 Å². The minimum atomic E-state index is -5.08. The predicted octanol–water partition coefficient (Wildman–Crippen LogP) is 4.82. The van der Waals surface area contributed by atoms with Crippen LogP contribution in [0.15, 0.2) is 60.8 Å². The van der Waals surface area contributed by atoms with Crippen molar-refractivity contribution >= 4 is 40.3 Å². The lowest BCUT2D eigenvalue weighted by Gasteiger charge is -2.19. The number of nitrogens with zero attached hydrogens (tertiary/aromatic N) is 2. The lowest BCUT2D eigenvalue weighted by molar-refractivity contribution is -0.193. The maximum atomic E-state index is 12.5. The highest BCUT2D eigenvalue weighted by Gasteiger charge is 2.38. The molecule has 0 saturated carbocycles. The number of benzene rings is 2. The van der Waals surface area contributed by atoms with E-state index in [9.17, 15) is 31.1 Å². The van der Waals surface area contributed by atoms with Gasteiger partial charge in [-0.2, -0.15) is 26.3 Å². The zero-order chi connectivity index (χ0) is 33.9. The molecular formula is C28H26F6N4O7. The molecule has 4 rings (SSSR count). The molecule has 0 atom stereocenters. The van der Waals surface area contributed by atoms with Gasteiger partial charge in [-0.15, -0.1) is 0 Å². The zero-order valence-corrected chi connectivity index (χ0v) is 23.3. The minimum absolute atomic E-state index is 0.121. The van der Waals surface area contributed by atoms with Crippen molar-refractivity contribution in [2.75, 3.05) is 32.0 Å². The van der Waals surface area contributed by atoms with Crippen LogP contribution in [-0.4, -0.2) is 82.5 Å². The summed E-state index contributed by atoms with van der Waals surface area (Å²) in [4.78, 5) is 36.3. The van der Waals surface area contributed by atoms with E-state index in [1.165, 1.54) is 0 Å². The second kappa shape index (κ2) is 15.4. The van der Waals surface area contributed by atoms with Crippen LogP contribution in [-0.2, 0) is 14.3 Å². The van der Waals surface area contributed by atoms with E-state index < -0.39 is 30.3 Å². The number of esters is 1. The van der Waals surface area contributed by atoms with Crippen molar-refractivity contribution in [3.05, 3.63) is 77.5 Å². The van der Waals surface area contributed by atoms with Gasteiger partial charge in [0.25, 0.3) is 0 Å². The summed E-state index contributed by atoms with van der Waals surface area (Å²) in [6.45, 7) is 3.67. The molecule has 45 heavy (non-hydrogen) atoms. The number of halogens is 6. The van der Waals surface area contributed by atoms with Crippen LogP contribution in [0.1, 0.15) is 21.5 Å². The monoisotopic (exact) mass is 644 g/mol. The van der Waals surface area contributed by atoms with Crippen molar-refractivity contribution in [1.82, 2.24) is 9.88 Å². The summed E-state index contributed by atoms with van der Waals surface area (Å²) < 4.78 is 74.5. The van der Waals surface area contributed by atoms with Crippen LogP contribution in [0.5, 0.6) is 5.75 Å². The third-order valence-corrected chi connectivity index (χ3v) is 5.69. The van der Waals surface area contributed by atoms with Gasteiger partial charge in [0.2, 0.25) is 0 Å². The van der Waals surface area contributed by atoms with Crippen molar-refractivity contribution in [2.24, 2.45) is 0 Å². The number of ether oxygens (including phenoxy) is 2. The molecule has 5 N–H and O–H groups in total. The Kier molecular flexibility index (Phi) is 12.3. The van der Waals surface area contributed by atoms with Gasteiger partial charge in [0.05, 0.1) is 5.56 Å². The fraction of sp³-hybridized carbons (Fsp3) is 0.250. The fourth-order valence-corrected chi connectivity index (χ4v) is 3.51. The van der Waals surface area contributed by atoms with Crippen LogP contribution in [0, 0.1) is 12.3 Å². The maximum Gasteiger partial charge on any atom is 0.490 e. The van der Waals surface area contributed by atoms with Gasteiger partial charge in [-0.05, 0) is 48.2 Å². The Bertz CT molecular complexity index is 1540. The molecule has 2 heterocycles. The van der Waals surface area contributed by atoms with Crippen LogP contribution in [0.2, 0.25) is 0 Å². The first-order valence-corrected chi connectivity index (χ1v) is 12.6.